The normalized spacial score (nSPS) is 9.50. The van der Waals surface area contributed by atoms with Crippen molar-refractivity contribution >= 4 is 34.0 Å². The zero-order valence-electron chi connectivity index (χ0n) is 7.13. The molecule has 7 heteroatoms. The fourth-order valence-electron chi connectivity index (χ4n) is 0.784. The second kappa shape index (κ2) is 5.98. The summed E-state index contributed by atoms with van der Waals surface area (Å²) < 4.78 is 28.5. The van der Waals surface area contributed by atoms with Crippen LogP contribution in [0.3, 0.4) is 0 Å². The Labute approximate surface area is 94.4 Å². The Morgan fingerprint density at radius 1 is 1.57 bits per heavy atom. The molecule has 0 amide bonds. The van der Waals surface area contributed by atoms with E-state index in [1.165, 1.54) is 6.20 Å². The molecule has 0 bridgehead atoms. The van der Waals surface area contributed by atoms with E-state index < -0.39 is 6.61 Å². The van der Waals surface area contributed by atoms with Crippen molar-refractivity contribution in [3.63, 3.8) is 0 Å². The molecule has 1 aromatic rings. The van der Waals surface area contributed by atoms with Crippen molar-refractivity contribution < 1.29 is 13.5 Å². The number of pyridine rings is 1. The fourth-order valence-corrected chi connectivity index (χ4v) is 1.12. The topological polar surface area (TPSA) is 34.2 Å². The molecule has 1 N–H and O–H groups in total. The van der Waals surface area contributed by atoms with Crippen molar-refractivity contribution in [1.82, 2.24) is 4.98 Å². The van der Waals surface area contributed by atoms with Crippen LogP contribution < -0.4 is 10.1 Å². The number of rotatable bonds is 3. The highest BCUT2D eigenvalue weighted by Crippen LogP contribution is 2.25. The molecule has 1 aromatic heterocycles. The van der Waals surface area contributed by atoms with Gasteiger partial charge in [0.15, 0.2) is 0 Å². The maximum atomic E-state index is 11.8. The maximum absolute atomic E-state index is 11.8. The fraction of sp³-hybridized carbons (Fsp3) is 0.286. The smallest absolute Gasteiger partial charge is 0.388 e. The highest BCUT2D eigenvalue weighted by Gasteiger charge is 2.10. The molecule has 0 saturated carbocycles. The molecule has 0 aliphatic heterocycles. The van der Waals surface area contributed by atoms with E-state index in [0.29, 0.717) is 10.2 Å². The summed E-state index contributed by atoms with van der Waals surface area (Å²) in [5.74, 6) is -0.110. The van der Waals surface area contributed by atoms with Crippen LogP contribution in [0, 0.1) is 0 Å². The van der Waals surface area contributed by atoms with Crippen LogP contribution in [-0.2, 0) is 0 Å². The molecular weight excluding hydrogens is 281 g/mol. The Kier molecular flexibility index (Phi) is 5.71. The molecule has 0 aliphatic carbocycles. The number of nitrogens with one attached hydrogen (secondary N) is 1. The highest BCUT2D eigenvalue weighted by molar-refractivity contribution is 9.10. The van der Waals surface area contributed by atoms with Gasteiger partial charge in [-0.1, -0.05) is 0 Å². The minimum absolute atomic E-state index is 0. The SMILES string of the molecule is CNc1cc(Br)cnc1OC(F)F.Cl. The van der Waals surface area contributed by atoms with Crippen molar-refractivity contribution in [1.29, 1.82) is 0 Å². The van der Waals surface area contributed by atoms with Gasteiger partial charge in [-0.15, -0.1) is 12.4 Å². The Morgan fingerprint density at radius 2 is 2.21 bits per heavy atom. The van der Waals surface area contributed by atoms with Gasteiger partial charge in [-0.3, -0.25) is 0 Å². The first-order valence-electron chi connectivity index (χ1n) is 3.41. The maximum Gasteiger partial charge on any atom is 0.388 e. The second-order valence-corrected chi connectivity index (χ2v) is 3.05. The van der Waals surface area contributed by atoms with Gasteiger partial charge in [0.2, 0.25) is 5.88 Å². The van der Waals surface area contributed by atoms with E-state index >= 15 is 0 Å². The van der Waals surface area contributed by atoms with E-state index in [1.54, 1.807) is 13.1 Å². The highest BCUT2D eigenvalue weighted by atomic mass is 79.9. The van der Waals surface area contributed by atoms with E-state index in [4.69, 9.17) is 0 Å². The van der Waals surface area contributed by atoms with Crippen LogP contribution >= 0.6 is 28.3 Å². The first kappa shape index (κ1) is 13.4. The molecule has 80 valence electrons. The zero-order chi connectivity index (χ0) is 9.84. The summed E-state index contributed by atoms with van der Waals surface area (Å²) >= 11 is 3.16. The Bertz CT molecular complexity index is 301. The molecule has 0 unspecified atom stereocenters. The predicted octanol–water partition coefficient (Wildman–Crippen LogP) is 2.91. The lowest BCUT2D eigenvalue weighted by Crippen LogP contribution is -2.06. The summed E-state index contributed by atoms with van der Waals surface area (Å²) in [4.78, 5) is 3.68. The number of hydrogen-bond donors (Lipinski definition) is 1. The lowest BCUT2D eigenvalue weighted by Gasteiger charge is -2.08. The molecule has 14 heavy (non-hydrogen) atoms. The third-order valence-electron chi connectivity index (χ3n) is 1.29. The number of aromatic nitrogens is 1. The number of hydrogen-bond acceptors (Lipinski definition) is 3. The largest absolute Gasteiger partial charge is 0.415 e. The number of alkyl halides is 2. The average molecular weight is 290 g/mol. The Balaban J connectivity index is 0.00000169. The van der Waals surface area contributed by atoms with Crippen LogP contribution in [0.15, 0.2) is 16.7 Å². The van der Waals surface area contributed by atoms with Crippen molar-refractivity contribution in [3.05, 3.63) is 16.7 Å². The predicted molar refractivity (Wildman–Crippen MR) is 55.4 cm³/mol. The first-order valence-corrected chi connectivity index (χ1v) is 4.21. The number of halogens is 4. The summed E-state index contributed by atoms with van der Waals surface area (Å²) in [5, 5.41) is 2.69. The minimum atomic E-state index is -2.86. The van der Waals surface area contributed by atoms with E-state index in [1.807, 2.05) is 0 Å². The summed E-state index contributed by atoms with van der Waals surface area (Å²) in [7, 11) is 1.60. The molecule has 0 aromatic carbocycles. The Morgan fingerprint density at radius 3 is 2.71 bits per heavy atom. The van der Waals surface area contributed by atoms with Gasteiger partial charge in [0, 0.05) is 17.7 Å². The lowest BCUT2D eigenvalue weighted by atomic mass is 10.4. The number of nitrogens with zero attached hydrogens (tertiary/aromatic N) is 1. The van der Waals surface area contributed by atoms with Gasteiger partial charge in [-0.05, 0) is 22.0 Å². The van der Waals surface area contributed by atoms with Crippen LogP contribution in [-0.4, -0.2) is 18.6 Å². The molecule has 0 aliphatic rings. The van der Waals surface area contributed by atoms with Crippen LogP contribution in [0.5, 0.6) is 5.88 Å². The summed E-state index contributed by atoms with van der Waals surface area (Å²) in [6.07, 6.45) is 1.39. The quantitative estimate of drug-likeness (QED) is 0.929. The Hall–Kier alpha value is -0.620. The van der Waals surface area contributed by atoms with Crippen molar-refractivity contribution in [2.45, 2.75) is 6.61 Å². The molecule has 0 fully saturated rings. The van der Waals surface area contributed by atoms with Gasteiger partial charge < -0.3 is 10.1 Å². The molecular formula is C7H8BrClF2N2O. The van der Waals surface area contributed by atoms with Gasteiger partial charge in [-0.25, -0.2) is 4.98 Å². The summed E-state index contributed by atoms with van der Waals surface area (Å²) in [5.41, 5.74) is 0.412. The minimum Gasteiger partial charge on any atom is -0.415 e. The van der Waals surface area contributed by atoms with Crippen LogP contribution in [0.1, 0.15) is 0 Å². The van der Waals surface area contributed by atoms with Gasteiger partial charge >= 0.3 is 6.61 Å². The first-order chi connectivity index (χ1) is 6.13. The monoisotopic (exact) mass is 288 g/mol. The molecule has 1 heterocycles. The lowest BCUT2D eigenvalue weighted by molar-refractivity contribution is -0.0523. The van der Waals surface area contributed by atoms with Gasteiger partial charge in [0.05, 0.1) is 5.69 Å². The molecule has 3 nitrogen and oxygen atoms in total. The molecule has 0 saturated heterocycles. The van der Waals surface area contributed by atoms with Crippen molar-refractivity contribution in [3.8, 4) is 5.88 Å². The second-order valence-electron chi connectivity index (χ2n) is 2.13. The number of ether oxygens (including phenoxy) is 1. The number of anilines is 1. The van der Waals surface area contributed by atoms with Crippen LogP contribution in [0.25, 0.3) is 0 Å². The molecule has 0 atom stereocenters. The van der Waals surface area contributed by atoms with Gasteiger partial charge in [0.1, 0.15) is 0 Å². The van der Waals surface area contributed by atoms with E-state index in [2.05, 4.69) is 31.0 Å². The third-order valence-corrected chi connectivity index (χ3v) is 1.72. The van der Waals surface area contributed by atoms with E-state index in [9.17, 15) is 8.78 Å². The standard InChI is InChI=1S/C7H7BrF2N2O.ClH/c1-11-5-2-4(8)3-12-6(5)13-7(9)10;/h2-3,7,11H,1H3;1H. The van der Waals surface area contributed by atoms with Crippen LogP contribution in [0.2, 0.25) is 0 Å². The summed E-state index contributed by atoms with van der Waals surface area (Å²) in [6, 6.07) is 1.60. The summed E-state index contributed by atoms with van der Waals surface area (Å²) in [6.45, 7) is -2.86. The zero-order valence-corrected chi connectivity index (χ0v) is 9.53. The molecule has 0 spiro atoms. The van der Waals surface area contributed by atoms with Crippen LogP contribution in [0.4, 0.5) is 14.5 Å². The molecule has 1 rings (SSSR count). The van der Waals surface area contributed by atoms with Gasteiger partial charge in [-0.2, -0.15) is 8.78 Å². The molecule has 0 radical (unpaired) electrons. The average Bonchev–Trinajstić information content (AvgIpc) is 2.07. The van der Waals surface area contributed by atoms with E-state index in [0.717, 1.165) is 0 Å². The third kappa shape index (κ3) is 3.63. The van der Waals surface area contributed by atoms with Gasteiger partial charge in [0.25, 0.3) is 0 Å². The van der Waals surface area contributed by atoms with E-state index in [-0.39, 0.29) is 18.3 Å². The van der Waals surface area contributed by atoms with Crippen molar-refractivity contribution in [2.75, 3.05) is 12.4 Å². The van der Waals surface area contributed by atoms with Crippen molar-refractivity contribution in [2.24, 2.45) is 0 Å².